The average Bonchev–Trinajstić information content (AvgIpc) is 2.58. The molecule has 132 valence electrons. The third-order valence-electron chi connectivity index (χ3n) is 3.31. The first-order chi connectivity index (χ1) is 12.0. The van der Waals surface area contributed by atoms with Gasteiger partial charge in [-0.1, -0.05) is 12.1 Å². The van der Waals surface area contributed by atoms with E-state index in [-0.39, 0.29) is 23.3 Å². The van der Waals surface area contributed by atoms with Gasteiger partial charge in [-0.15, -0.1) is 11.8 Å². The van der Waals surface area contributed by atoms with Gasteiger partial charge in [0.05, 0.1) is 24.3 Å². The molecule has 0 radical (unpaired) electrons. The SMILES string of the molecule is COc1ccccc1NC(=O)CSCC(=O)Nc1ccc(I)cc1C. The highest BCUT2D eigenvalue weighted by Crippen LogP contribution is 2.23. The van der Waals surface area contributed by atoms with Gasteiger partial charge in [-0.25, -0.2) is 0 Å². The van der Waals surface area contributed by atoms with Crippen LogP contribution in [0.2, 0.25) is 0 Å². The Morgan fingerprint density at radius 2 is 1.68 bits per heavy atom. The highest BCUT2D eigenvalue weighted by molar-refractivity contribution is 14.1. The minimum atomic E-state index is -0.173. The quantitative estimate of drug-likeness (QED) is 0.603. The summed E-state index contributed by atoms with van der Waals surface area (Å²) >= 11 is 3.49. The Hall–Kier alpha value is -1.74. The second kappa shape index (κ2) is 9.67. The Morgan fingerprint density at radius 3 is 2.32 bits per heavy atom. The first-order valence-electron chi connectivity index (χ1n) is 7.56. The molecule has 7 heteroatoms. The molecule has 0 aliphatic heterocycles. The number of thioether (sulfide) groups is 1. The number of benzene rings is 2. The van der Waals surface area contributed by atoms with Gasteiger partial charge in [0.2, 0.25) is 11.8 Å². The number of ether oxygens (including phenoxy) is 1. The summed E-state index contributed by atoms with van der Waals surface area (Å²) in [5, 5.41) is 5.65. The fraction of sp³-hybridized carbons (Fsp3) is 0.222. The molecule has 2 aromatic carbocycles. The van der Waals surface area contributed by atoms with Crippen molar-refractivity contribution in [1.82, 2.24) is 0 Å². The monoisotopic (exact) mass is 470 g/mol. The van der Waals surface area contributed by atoms with E-state index in [1.807, 2.05) is 37.3 Å². The molecule has 2 rings (SSSR count). The maximum absolute atomic E-state index is 12.0. The molecule has 5 nitrogen and oxygen atoms in total. The largest absolute Gasteiger partial charge is 0.495 e. The maximum Gasteiger partial charge on any atom is 0.234 e. The number of halogens is 1. The van der Waals surface area contributed by atoms with Crippen LogP contribution in [0.4, 0.5) is 11.4 Å². The highest BCUT2D eigenvalue weighted by atomic mass is 127. The Kier molecular flexibility index (Phi) is 7.57. The number of carbonyl (C=O) groups is 2. The molecule has 0 bridgehead atoms. The number of hydrogen-bond acceptors (Lipinski definition) is 4. The fourth-order valence-electron chi connectivity index (χ4n) is 2.12. The molecular formula is C18H19IN2O3S. The lowest BCUT2D eigenvalue weighted by molar-refractivity contribution is -0.114. The van der Waals surface area contributed by atoms with Crippen LogP contribution in [0.25, 0.3) is 0 Å². The number of carbonyl (C=O) groups excluding carboxylic acids is 2. The van der Waals surface area contributed by atoms with Crippen molar-refractivity contribution in [1.29, 1.82) is 0 Å². The highest BCUT2D eigenvalue weighted by Gasteiger charge is 2.09. The number of rotatable bonds is 7. The minimum absolute atomic E-state index is 0.126. The number of amides is 2. The van der Waals surface area contributed by atoms with Gasteiger partial charge in [0.25, 0.3) is 0 Å². The van der Waals surface area contributed by atoms with Gasteiger partial charge in [-0.2, -0.15) is 0 Å². The van der Waals surface area contributed by atoms with Crippen molar-refractivity contribution in [3.05, 3.63) is 51.6 Å². The molecule has 2 N–H and O–H groups in total. The smallest absolute Gasteiger partial charge is 0.234 e. The van der Waals surface area contributed by atoms with Gasteiger partial charge in [0.1, 0.15) is 5.75 Å². The van der Waals surface area contributed by atoms with Crippen molar-refractivity contribution in [2.45, 2.75) is 6.92 Å². The van der Waals surface area contributed by atoms with Crippen molar-refractivity contribution in [2.75, 3.05) is 29.2 Å². The van der Waals surface area contributed by atoms with Crippen molar-refractivity contribution >= 4 is 57.5 Å². The van der Waals surface area contributed by atoms with Gasteiger partial charge in [-0.05, 0) is 65.4 Å². The number of nitrogens with one attached hydrogen (secondary N) is 2. The topological polar surface area (TPSA) is 67.4 Å². The van der Waals surface area contributed by atoms with E-state index in [1.165, 1.54) is 11.8 Å². The Labute approximate surface area is 165 Å². The van der Waals surface area contributed by atoms with E-state index in [4.69, 9.17) is 4.74 Å². The van der Waals surface area contributed by atoms with Gasteiger partial charge in [0.15, 0.2) is 0 Å². The normalized spacial score (nSPS) is 10.2. The summed E-state index contributed by atoms with van der Waals surface area (Å²) in [6.07, 6.45) is 0. The molecule has 2 aromatic rings. The van der Waals surface area contributed by atoms with Crippen molar-refractivity contribution < 1.29 is 14.3 Å². The van der Waals surface area contributed by atoms with Crippen molar-refractivity contribution in [3.8, 4) is 5.75 Å². The Morgan fingerprint density at radius 1 is 1.04 bits per heavy atom. The van der Waals surface area contributed by atoms with E-state index in [2.05, 4.69) is 33.2 Å². The predicted octanol–water partition coefficient (Wildman–Crippen LogP) is 3.92. The number of hydrogen-bond donors (Lipinski definition) is 2. The fourth-order valence-corrected chi connectivity index (χ4v) is 3.39. The second-order valence-corrected chi connectivity index (χ2v) is 7.48. The molecule has 0 aliphatic carbocycles. The summed E-state index contributed by atoms with van der Waals surface area (Å²) in [6.45, 7) is 1.95. The summed E-state index contributed by atoms with van der Waals surface area (Å²) in [7, 11) is 1.55. The van der Waals surface area contributed by atoms with Crippen LogP contribution in [0.3, 0.4) is 0 Å². The lowest BCUT2D eigenvalue weighted by atomic mass is 10.2. The molecule has 0 aromatic heterocycles. The molecule has 0 unspecified atom stereocenters. The molecule has 0 saturated carbocycles. The second-order valence-electron chi connectivity index (χ2n) is 5.25. The van der Waals surface area contributed by atoms with Crippen LogP contribution in [0.5, 0.6) is 5.75 Å². The molecule has 0 heterocycles. The van der Waals surface area contributed by atoms with E-state index in [9.17, 15) is 9.59 Å². The molecule has 0 aliphatic rings. The standard InChI is InChI=1S/C18H19IN2O3S/c1-12-9-13(19)7-8-14(12)20-17(22)10-25-11-18(23)21-15-5-3-4-6-16(15)24-2/h3-9H,10-11H2,1-2H3,(H,20,22)(H,21,23). The van der Waals surface area contributed by atoms with Crippen molar-refractivity contribution in [3.63, 3.8) is 0 Å². The van der Waals surface area contributed by atoms with Gasteiger partial charge in [-0.3, -0.25) is 9.59 Å². The van der Waals surface area contributed by atoms with E-state index in [0.717, 1.165) is 14.8 Å². The third kappa shape index (κ3) is 6.24. The molecular weight excluding hydrogens is 451 g/mol. The van der Waals surface area contributed by atoms with Crippen LogP contribution >= 0.6 is 34.4 Å². The third-order valence-corrected chi connectivity index (χ3v) is 4.91. The van der Waals surface area contributed by atoms with Crippen molar-refractivity contribution in [2.24, 2.45) is 0 Å². The maximum atomic E-state index is 12.0. The molecule has 0 atom stereocenters. The Balaban J connectivity index is 1.78. The van der Waals surface area contributed by atoms with E-state index < -0.39 is 0 Å². The van der Waals surface area contributed by atoms with Crippen LogP contribution in [0, 0.1) is 10.5 Å². The average molecular weight is 470 g/mol. The summed E-state index contributed by atoms with van der Waals surface area (Å²) in [4.78, 5) is 24.0. The van der Waals surface area contributed by atoms with Crippen LogP contribution in [-0.4, -0.2) is 30.4 Å². The van der Waals surface area contributed by atoms with Crippen LogP contribution in [0.15, 0.2) is 42.5 Å². The molecule has 0 saturated heterocycles. The number of aryl methyl sites for hydroxylation is 1. The number of methoxy groups -OCH3 is 1. The summed E-state index contributed by atoms with van der Waals surface area (Å²) in [5.74, 6) is 0.710. The zero-order valence-corrected chi connectivity index (χ0v) is 16.9. The minimum Gasteiger partial charge on any atom is -0.495 e. The van der Waals surface area contributed by atoms with Gasteiger partial charge >= 0.3 is 0 Å². The lowest BCUT2D eigenvalue weighted by Crippen LogP contribution is -2.19. The van der Waals surface area contributed by atoms with Crippen LogP contribution < -0.4 is 15.4 Å². The number of anilines is 2. The van der Waals surface area contributed by atoms with E-state index in [0.29, 0.717) is 11.4 Å². The summed E-state index contributed by atoms with van der Waals surface area (Å²) in [5.41, 5.74) is 2.43. The predicted molar refractivity (Wildman–Crippen MR) is 111 cm³/mol. The summed E-state index contributed by atoms with van der Waals surface area (Å²) in [6, 6.07) is 13.0. The van der Waals surface area contributed by atoms with E-state index >= 15 is 0 Å². The molecule has 2 amide bonds. The zero-order valence-electron chi connectivity index (χ0n) is 14.0. The molecule has 25 heavy (non-hydrogen) atoms. The van der Waals surface area contributed by atoms with Crippen LogP contribution in [-0.2, 0) is 9.59 Å². The lowest BCUT2D eigenvalue weighted by Gasteiger charge is -2.10. The zero-order chi connectivity index (χ0) is 18.2. The van der Waals surface area contributed by atoms with Gasteiger partial charge in [0, 0.05) is 9.26 Å². The molecule has 0 spiro atoms. The number of para-hydroxylation sites is 2. The van der Waals surface area contributed by atoms with E-state index in [1.54, 1.807) is 19.2 Å². The first-order valence-corrected chi connectivity index (χ1v) is 9.79. The summed E-state index contributed by atoms with van der Waals surface area (Å²) < 4.78 is 6.31. The molecule has 0 fully saturated rings. The Bertz CT molecular complexity index is 768. The first kappa shape index (κ1) is 19.6. The van der Waals surface area contributed by atoms with Crippen LogP contribution in [0.1, 0.15) is 5.56 Å². The van der Waals surface area contributed by atoms with Gasteiger partial charge < -0.3 is 15.4 Å².